The first-order valence-electron chi connectivity index (χ1n) is 8.31. The van der Waals surface area contributed by atoms with Gasteiger partial charge in [-0.15, -0.1) is 0 Å². The Balaban J connectivity index is 1.92. The van der Waals surface area contributed by atoms with Crippen LogP contribution in [0.15, 0.2) is 0 Å². The summed E-state index contributed by atoms with van der Waals surface area (Å²) in [7, 11) is 0. The molecule has 0 amide bonds. The molecule has 1 saturated carbocycles. The Morgan fingerprint density at radius 3 is 2.47 bits per heavy atom. The van der Waals surface area contributed by atoms with Crippen molar-refractivity contribution in [3.63, 3.8) is 0 Å². The molecule has 3 heteroatoms. The van der Waals surface area contributed by atoms with Crippen molar-refractivity contribution in [1.29, 1.82) is 0 Å². The molecule has 0 bridgehead atoms. The van der Waals surface area contributed by atoms with Crippen molar-refractivity contribution in [1.82, 2.24) is 10.2 Å². The first-order chi connectivity index (χ1) is 9.23. The zero-order chi connectivity index (χ0) is 13.7. The van der Waals surface area contributed by atoms with E-state index in [2.05, 4.69) is 24.1 Å². The first kappa shape index (κ1) is 15.3. The molecule has 1 unspecified atom stereocenters. The van der Waals surface area contributed by atoms with Gasteiger partial charge < -0.3 is 10.4 Å². The molecule has 0 aromatic rings. The minimum Gasteiger partial charge on any atom is -0.395 e. The molecule has 0 radical (unpaired) electrons. The predicted molar refractivity (Wildman–Crippen MR) is 80.3 cm³/mol. The van der Waals surface area contributed by atoms with E-state index in [9.17, 15) is 5.11 Å². The molecule has 1 aliphatic heterocycles. The third-order valence-electron chi connectivity index (χ3n) is 5.34. The summed E-state index contributed by atoms with van der Waals surface area (Å²) in [5.74, 6) is 0. The van der Waals surface area contributed by atoms with Gasteiger partial charge in [-0.2, -0.15) is 0 Å². The molecule has 2 rings (SSSR count). The Kier molecular flexibility index (Phi) is 5.67. The summed E-state index contributed by atoms with van der Waals surface area (Å²) in [4.78, 5) is 2.56. The molecule has 19 heavy (non-hydrogen) atoms. The van der Waals surface area contributed by atoms with E-state index in [1.165, 1.54) is 51.5 Å². The highest BCUT2D eigenvalue weighted by atomic mass is 16.3. The lowest BCUT2D eigenvalue weighted by molar-refractivity contribution is 0.0429. The molecule has 1 heterocycles. The number of hydrogen-bond acceptors (Lipinski definition) is 3. The Labute approximate surface area is 118 Å². The van der Waals surface area contributed by atoms with Gasteiger partial charge in [-0.1, -0.05) is 20.3 Å². The Hall–Kier alpha value is -0.120. The van der Waals surface area contributed by atoms with Gasteiger partial charge in [0.25, 0.3) is 0 Å². The minimum absolute atomic E-state index is 0.333. The maximum Gasteiger partial charge on any atom is 0.0586 e. The van der Waals surface area contributed by atoms with Crippen molar-refractivity contribution >= 4 is 0 Å². The summed E-state index contributed by atoms with van der Waals surface area (Å²) in [5, 5.41) is 13.3. The van der Waals surface area contributed by atoms with Crippen molar-refractivity contribution in [2.24, 2.45) is 5.41 Å². The van der Waals surface area contributed by atoms with Crippen LogP contribution in [0.2, 0.25) is 0 Å². The molecule has 0 aromatic heterocycles. The van der Waals surface area contributed by atoms with Crippen LogP contribution in [0.5, 0.6) is 0 Å². The van der Waals surface area contributed by atoms with Gasteiger partial charge in [0, 0.05) is 25.2 Å². The second kappa shape index (κ2) is 7.05. The maximum absolute atomic E-state index is 9.57. The summed E-state index contributed by atoms with van der Waals surface area (Å²) in [6.07, 6.45) is 8.97. The fraction of sp³-hybridized carbons (Fsp3) is 1.00. The molecule has 112 valence electrons. The van der Waals surface area contributed by atoms with Gasteiger partial charge in [-0.3, -0.25) is 4.90 Å². The molecule has 2 aliphatic rings. The van der Waals surface area contributed by atoms with Crippen molar-refractivity contribution < 1.29 is 5.11 Å². The fourth-order valence-electron chi connectivity index (χ4n) is 3.33. The van der Waals surface area contributed by atoms with Crippen LogP contribution in [0.1, 0.15) is 58.8 Å². The van der Waals surface area contributed by atoms with E-state index < -0.39 is 0 Å². The number of aliphatic hydroxyl groups excluding tert-OH is 1. The van der Waals surface area contributed by atoms with E-state index in [0.29, 0.717) is 18.1 Å². The highest BCUT2D eigenvalue weighted by Gasteiger charge is 2.34. The average molecular weight is 268 g/mol. The van der Waals surface area contributed by atoms with Gasteiger partial charge in [0.1, 0.15) is 0 Å². The second-order valence-electron chi connectivity index (χ2n) is 6.66. The van der Waals surface area contributed by atoms with E-state index in [1.54, 1.807) is 0 Å². The fourth-order valence-corrected chi connectivity index (χ4v) is 3.33. The summed E-state index contributed by atoms with van der Waals surface area (Å²) < 4.78 is 0. The molecule has 0 aromatic carbocycles. The number of likely N-dealkylation sites (tertiary alicyclic amines) is 1. The van der Waals surface area contributed by atoms with Crippen LogP contribution in [0.4, 0.5) is 0 Å². The second-order valence-corrected chi connectivity index (χ2v) is 6.66. The summed E-state index contributed by atoms with van der Waals surface area (Å²) in [6, 6.07) is 1.21. The number of aliphatic hydroxyl groups is 1. The van der Waals surface area contributed by atoms with E-state index in [0.717, 1.165) is 19.1 Å². The molecule has 2 fully saturated rings. The van der Waals surface area contributed by atoms with E-state index >= 15 is 0 Å². The van der Waals surface area contributed by atoms with Crippen LogP contribution < -0.4 is 5.32 Å². The van der Waals surface area contributed by atoms with E-state index in [1.807, 2.05) is 0 Å². The standard InChI is InChI=1S/C16H32N2O/c1-3-16(4-2,12-17-14-8-9-14)13-18-10-6-5-7-15(18)11-19/h14-15,17,19H,3-13H2,1-2H3. The lowest BCUT2D eigenvalue weighted by atomic mass is 9.80. The molecular formula is C16H32N2O. The lowest BCUT2D eigenvalue weighted by Crippen LogP contribution is -2.50. The molecule has 0 spiro atoms. The molecule has 1 aliphatic carbocycles. The largest absolute Gasteiger partial charge is 0.395 e. The van der Waals surface area contributed by atoms with Crippen LogP contribution in [0, 0.1) is 5.41 Å². The van der Waals surface area contributed by atoms with Crippen molar-refractivity contribution in [2.45, 2.75) is 70.9 Å². The van der Waals surface area contributed by atoms with Gasteiger partial charge in [-0.25, -0.2) is 0 Å². The Morgan fingerprint density at radius 2 is 1.89 bits per heavy atom. The Bertz CT molecular complexity index is 261. The molecule has 1 atom stereocenters. The number of nitrogens with one attached hydrogen (secondary N) is 1. The number of rotatable bonds is 8. The first-order valence-corrected chi connectivity index (χ1v) is 8.31. The molecule has 2 N–H and O–H groups in total. The zero-order valence-electron chi connectivity index (χ0n) is 12.8. The van der Waals surface area contributed by atoms with Crippen molar-refractivity contribution in [3.8, 4) is 0 Å². The van der Waals surface area contributed by atoms with Crippen LogP contribution in [-0.2, 0) is 0 Å². The minimum atomic E-state index is 0.333. The van der Waals surface area contributed by atoms with Crippen molar-refractivity contribution in [2.75, 3.05) is 26.2 Å². The maximum atomic E-state index is 9.57. The van der Waals surface area contributed by atoms with Crippen LogP contribution >= 0.6 is 0 Å². The van der Waals surface area contributed by atoms with Gasteiger partial charge >= 0.3 is 0 Å². The highest BCUT2D eigenvalue weighted by Crippen LogP contribution is 2.31. The average Bonchev–Trinajstić information content (AvgIpc) is 3.28. The number of piperidine rings is 1. The number of hydrogen-bond donors (Lipinski definition) is 2. The zero-order valence-corrected chi connectivity index (χ0v) is 12.8. The quantitative estimate of drug-likeness (QED) is 0.709. The summed E-state index contributed by atoms with van der Waals surface area (Å²) in [5.41, 5.74) is 0.396. The van der Waals surface area contributed by atoms with Crippen molar-refractivity contribution in [3.05, 3.63) is 0 Å². The molecule has 1 saturated heterocycles. The topological polar surface area (TPSA) is 35.5 Å². The van der Waals surface area contributed by atoms with E-state index in [4.69, 9.17) is 0 Å². The number of nitrogens with zero attached hydrogens (tertiary/aromatic N) is 1. The smallest absolute Gasteiger partial charge is 0.0586 e. The van der Waals surface area contributed by atoms with Crippen LogP contribution in [-0.4, -0.2) is 48.3 Å². The van der Waals surface area contributed by atoms with Gasteiger partial charge in [-0.05, 0) is 50.5 Å². The highest BCUT2D eigenvalue weighted by molar-refractivity contribution is 4.90. The molecular weight excluding hydrogens is 236 g/mol. The van der Waals surface area contributed by atoms with Gasteiger partial charge in [0.05, 0.1) is 6.61 Å². The predicted octanol–water partition coefficient (Wildman–Crippen LogP) is 2.39. The third kappa shape index (κ3) is 4.17. The monoisotopic (exact) mass is 268 g/mol. The summed E-state index contributed by atoms with van der Waals surface area (Å²) >= 11 is 0. The SMILES string of the molecule is CCC(CC)(CNC1CC1)CN1CCCCC1CO. The van der Waals surface area contributed by atoms with Crippen LogP contribution in [0.3, 0.4) is 0 Å². The summed E-state index contributed by atoms with van der Waals surface area (Å²) in [6.45, 7) is 8.48. The van der Waals surface area contributed by atoms with Crippen LogP contribution in [0.25, 0.3) is 0 Å². The van der Waals surface area contributed by atoms with Gasteiger partial charge in [0.15, 0.2) is 0 Å². The van der Waals surface area contributed by atoms with Gasteiger partial charge in [0.2, 0.25) is 0 Å². The third-order valence-corrected chi connectivity index (χ3v) is 5.34. The molecule has 3 nitrogen and oxygen atoms in total. The van der Waals surface area contributed by atoms with E-state index in [-0.39, 0.29) is 0 Å². The Morgan fingerprint density at radius 1 is 1.16 bits per heavy atom. The lowest BCUT2D eigenvalue weighted by Gasteiger charge is -2.42. The normalized spacial score (nSPS) is 25.7.